The quantitative estimate of drug-likeness (QED) is 0.817. The molecule has 6 heteroatoms. The smallest absolute Gasteiger partial charge is 0.221 e. The van der Waals surface area contributed by atoms with E-state index in [-0.39, 0.29) is 5.91 Å². The molecule has 1 aliphatic carbocycles. The Balaban J connectivity index is 1.55. The van der Waals surface area contributed by atoms with Crippen molar-refractivity contribution in [3.8, 4) is 0 Å². The van der Waals surface area contributed by atoms with E-state index in [2.05, 4.69) is 20.7 Å². The largest absolute Gasteiger partial charge is 0.368 e. The average Bonchev–Trinajstić information content (AvgIpc) is 3.04. The molecule has 18 heavy (non-hydrogen) atoms. The van der Waals surface area contributed by atoms with Crippen LogP contribution in [0.1, 0.15) is 19.3 Å². The number of nitrogens with one attached hydrogen (secondary N) is 2. The Morgan fingerprint density at radius 3 is 3.17 bits per heavy atom. The van der Waals surface area contributed by atoms with Crippen LogP contribution in [0.3, 0.4) is 0 Å². The number of carbonyl (C=O) groups is 1. The molecule has 2 heterocycles. The zero-order valence-corrected chi connectivity index (χ0v) is 9.97. The fourth-order valence-corrected chi connectivity index (χ4v) is 1.82. The van der Waals surface area contributed by atoms with E-state index in [0.29, 0.717) is 19.0 Å². The van der Waals surface area contributed by atoms with E-state index in [1.165, 1.54) is 0 Å². The van der Waals surface area contributed by atoms with Gasteiger partial charge < -0.3 is 10.6 Å². The predicted molar refractivity (Wildman–Crippen MR) is 67.3 cm³/mol. The van der Waals surface area contributed by atoms with Crippen molar-refractivity contribution in [3.63, 3.8) is 0 Å². The number of rotatable bonds is 5. The maximum atomic E-state index is 11.5. The molecule has 0 saturated heterocycles. The predicted octanol–water partition coefficient (Wildman–Crippen LogP) is 0.810. The van der Waals surface area contributed by atoms with Crippen LogP contribution < -0.4 is 10.6 Å². The molecule has 2 N–H and O–H groups in total. The fraction of sp³-hybridized carbons (Fsp3) is 0.417. The third-order valence-corrected chi connectivity index (χ3v) is 2.91. The monoisotopic (exact) mass is 245 g/mol. The highest BCUT2D eigenvalue weighted by molar-refractivity contribution is 5.77. The molecule has 1 aliphatic rings. The summed E-state index contributed by atoms with van der Waals surface area (Å²) in [5.74, 6) is 0.861. The second kappa shape index (κ2) is 4.64. The maximum Gasteiger partial charge on any atom is 0.221 e. The van der Waals surface area contributed by atoms with E-state index < -0.39 is 0 Å². The summed E-state index contributed by atoms with van der Waals surface area (Å²) >= 11 is 0. The van der Waals surface area contributed by atoms with E-state index in [9.17, 15) is 4.79 Å². The molecule has 1 saturated carbocycles. The Morgan fingerprint density at radius 2 is 2.33 bits per heavy atom. The maximum absolute atomic E-state index is 11.5. The van der Waals surface area contributed by atoms with Crippen molar-refractivity contribution < 1.29 is 4.79 Å². The zero-order chi connectivity index (χ0) is 12.4. The lowest BCUT2D eigenvalue weighted by atomic mass is 10.3. The third kappa shape index (κ3) is 2.42. The molecule has 2 aromatic rings. The van der Waals surface area contributed by atoms with Crippen molar-refractivity contribution in [1.82, 2.24) is 19.9 Å². The van der Waals surface area contributed by atoms with Crippen molar-refractivity contribution in [2.75, 3.05) is 11.9 Å². The summed E-state index contributed by atoms with van der Waals surface area (Å²) in [5.41, 5.74) is 0.917. The summed E-state index contributed by atoms with van der Waals surface area (Å²) in [6, 6.07) is 2.31. The van der Waals surface area contributed by atoms with Crippen molar-refractivity contribution in [2.45, 2.75) is 25.3 Å². The molecule has 6 nitrogen and oxygen atoms in total. The Kier molecular flexibility index (Phi) is 2.84. The molecule has 0 atom stereocenters. The Labute approximate surface area is 104 Å². The molecule has 3 rings (SSSR count). The standard InChI is InChI=1S/C12H15N5O/c18-11(16-9-1-2-9)4-5-13-12-10-3-6-15-17(10)8-7-14-12/h3,6-9H,1-2,4-5H2,(H,13,14)(H,16,18). The van der Waals surface area contributed by atoms with Crippen LogP contribution in [0.15, 0.2) is 24.7 Å². The number of hydrogen-bond acceptors (Lipinski definition) is 4. The topological polar surface area (TPSA) is 71.3 Å². The van der Waals surface area contributed by atoms with Gasteiger partial charge in [-0.05, 0) is 18.9 Å². The summed E-state index contributed by atoms with van der Waals surface area (Å²) in [6.07, 6.45) is 7.91. The highest BCUT2D eigenvalue weighted by Crippen LogP contribution is 2.18. The lowest BCUT2D eigenvalue weighted by Crippen LogP contribution is -2.27. The normalized spacial score (nSPS) is 14.7. The lowest BCUT2D eigenvalue weighted by molar-refractivity contribution is -0.120. The van der Waals surface area contributed by atoms with E-state index in [1.54, 1.807) is 23.1 Å². The molecule has 0 unspecified atom stereocenters. The second-order valence-corrected chi connectivity index (χ2v) is 4.46. The first-order valence-corrected chi connectivity index (χ1v) is 6.14. The molecular formula is C12H15N5O. The van der Waals surface area contributed by atoms with Gasteiger partial charge in [-0.25, -0.2) is 9.50 Å². The van der Waals surface area contributed by atoms with Crippen LogP contribution in [0, 0.1) is 0 Å². The number of hydrogen-bond donors (Lipinski definition) is 2. The van der Waals surface area contributed by atoms with Gasteiger partial charge in [-0.15, -0.1) is 0 Å². The minimum atomic E-state index is 0.102. The third-order valence-electron chi connectivity index (χ3n) is 2.91. The first-order valence-electron chi connectivity index (χ1n) is 6.14. The molecule has 0 aliphatic heterocycles. The van der Waals surface area contributed by atoms with Crippen LogP contribution in [0.25, 0.3) is 5.52 Å². The van der Waals surface area contributed by atoms with Crippen molar-refractivity contribution in [3.05, 3.63) is 24.7 Å². The second-order valence-electron chi connectivity index (χ2n) is 4.46. The number of fused-ring (bicyclic) bond motifs is 1. The Bertz CT molecular complexity index is 560. The first kappa shape index (κ1) is 11.0. The highest BCUT2D eigenvalue weighted by atomic mass is 16.1. The average molecular weight is 245 g/mol. The summed E-state index contributed by atoms with van der Waals surface area (Å²) < 4.78 is 1.75. The minimum absolute atomic E-state index is 0.102. The van der Waals surface area contributed by atoms with E-state index in [4.69, 9.17) is 0 Å². The number of carbonyl (C=O) groups excluding carboxylic acids is 1. The molecule has 94 valence electrons. The molecular weight excluding hydrogens is 230 g/mol. The van der Waals surface area contributed by atoms with E-state index >= 15 is 0 Å². The SMILES string of the molecule is O=C(CCNc1nccn2nccc12)NC1CC1. The number of amides is 1. The van der Waals surface area contributed by atoms with Crippen LogP contribution in [0.2, 0.25) is 0 Å². The van der Waals surface area contributed by atoms with Gasteiger partial charge in [0, 0.05) is 31.4 Å². The minimum Gasteiger partial charge on any atom is -0.368 e. The molecule has 0 spiro atoms. The summed E-state index contributed by atoms with van der Waals surface area (Å²) in [6.45, 7) is 0.580. The molecule has 1 fully saturated rings. The van der Waals surface area contributed by atoms with Gasteiger partial charge >= 0.3 is 0 Å². The van der Waals surface area contributed by atoms with Crippen LogP contribution in [0.4, 0.5) is 5.82 Å². The van der Waals surface area contributed by atoms with Crippen molar-refractivity contribution in [2.24, 2.45) is 0 Å². The summed E-state index contributed by atoms with van der Waals surface area (Å²) in [5, 5.41) is 10.2. The van der Waals surface area contributed by atoms with Gasteiger partial charge in [0.1, 0.15) is 5.52 Å². The Hall–Kier alpha value is -2.11. The number of nitrogens with zero attached hydrogens (tertiary/aromatic N) is 3. The van der Waals surface area contributed by atoms with E-state index in [0.717, 1.165) is 24.2 Å². The van der Waals surface area contributed by atoms with Crippen LogP contribution in [-0.2, 0) is 4.79 Å². The van der Waals surface area contributed by atoms with Crippen molar-refractivity contribution >= 4 is 17.2 Å². The number of anilines is 1. The van der Waals surface area contributed by atoms with Gasteiger partial charge in [0.25, 0.3) is 0 Å². The molecule has 1 amide bonds. The van der Waals surface area contributed by atoms with E-state index in [1.807, 2.05) is 6.07 Å². The Morgan fingerprint density at radius 1 is 1.44 bits per heavy atom. The van der Waals surface area contributed by atoms with Crippen LogP contribution >= 0.6 is 0 Å². The lowest BCUT2D eigenvalue weighted by Gasteiger charge is -2.07. The van der Waals surface area contributed by atoms with Crippen LogP contribution in [-0.4, -0.2) is 33.1 Å². The molecule has 2 aromatic heterocycles. The van der Waals surface area contributed by atoms with Crippen LogP contribution in [0.5, 0.6) is 0 Å². The van der Waals surface area contributed by atoms with Gasteiger partial charge in [-0.3, -0.25) is 4.79 Å². The number of aromatic nitrogens is 3. The van der Waals surface area contributed by atoms with Gasteiger partial charge in [0.05, 0.1) is 6.20 Å². The molecule has 0 radical (unpaired) electrons. The van der Waals surface area contributed by atoms with Gasteiger partial charge in [-0.2, -0.15) is 5.10 Å². The molecule has 0 bridgehead atoms. The molecule has 0 aromatic carbocycles. The fourth-order valence-electron chi connectivity index (χ4n) is 1.82. The summed E-state index contributed by atoms with van der Waals surface area (Å²) in [4.78, 5) is 15.8. The zero-order valence-electron chi connectivity index (χ0n) is 9.97. The van der Waals surface area contributed by atoms with Gasteiger partial charge in [-0.1, -0.05) is 0 Å². The summed E-state index contributed by atoms with van der Waals surface area (Å²) in [7, 11) is 0. The van der Waals surface area contributed by atoms with Gasteiger partial charge in [0.2, 0.25) is 5.91 Å². The first-order chi connectivity index (χ1) is 8.83. The van der Waals surface area contributed by atoms with Gasteiger partial charge in [0.15, 0.2) is 5.82 Å². The van der Waals surface area contributed by atoms with Crippen molar-refractivity contribution in [1.29, 1.82) is 0 Å². The highest BCUT2D eigenvalue weighted by Gasteiger charge is 2.22.